The molecule has 0 unspecified atom stereocenters. The smallest absolute Gasteiger partial charge is 0.294 e. The molecule has 5 rings (SSSR count). The third kappa shape index (κ3) is 4.20. The van der Waals surface area contributed by atoms with Crippen molar-refractivity contribution in [3.63, 3.8) is 0 Å². The Labute approximate surface area is 196 Å². The van der Waals surface area contributed by atoms with E-state index in [4.69, 9.17) is 0 Å². The SMILES string of the molecule is CCCc1nnc2c(=O)[nH]c3cc(C(=O)N(Cc4ccccc4)Cc4ccccc4)ccc3n12. The van der Waals surface area contributed by atoms with Crippen molar-refractivity contribution in [2.75, 3.05) is 0 Å². The molecule has 0 aliphatic heterocycles. The quantitative estimate of drug-likeness (QED) is 0.398. The van der Waals surface area contributed by atoms with Gasteiger partial charge in [-0.2, -0.15) is 0 Å². The van der Waals surface area contributed by atoms with Crippen molar-refractivity contribution >= 4 is 22.6 Å². The molecule has 1 amide bonds. The zero-order valence-corrected chi connectivity index (χ0v) is 18.9. The molecule has 1 N–H and O–H groups in total. The summed E-state index contributed by atoms with van der Waals surface area (Å²) < 4.78 is 1.79. The van der Waals surface area contributed by atoms with Crippen LogP contribution in [0, 0.1) is 0 Å². The van der Waals surface area contributed by atoms with E-state index in [0.29, 0.717) is 30.6 Å². The Morgan fingerprint density at radius 1 is 0.912 bits per heavy atom. The number of hydrogen-bond acceptors (Lipinski definition) is 4. The van der Waals surface area contributed by atoms with E-state index >= 15 is 0 Å². The highest BCUT2D eigenvalue weighted by Crippen LogP contribution is 2.19. The lowest BCUT2D eigenvalue weighted by Crippen LogP contribution is -2.30. The van der Waals surface area contributed by atoms with Crippen LogP contribution in [0.5, 0.6) is 0 Å². The maximum atomic E-state index is 13.7. The number of fused-ring (bicyclic) bond motifs is 3. The van der Waals surface area contributed by atoms with Crippen molar-refractivity contribution in [2.45, 2.75) is 32.9 Å². The molecule has 0 aliphatic rings. The maximum Gasteiger partial charge on any atom is 0.294 e. The number of aromatic nitrogens is 4. The van der Waals surface area contributed by atoms with Crippen LogP contribution in [0.25, 0.3) is 16.7 Å². The highest BCUT2D eigenvalue weighted by molar-refractivity contribution is 5.97. The van der Waals surface area contributed by atoms with E-state index in [0.717, 1.165) is 28.9 Å². The second-order valence-electron chi connectivity index (χ2n) is 8.34. The van der Waals surface area contributed by atoms with Crippen molar-refractivity contribution in [2.24, 2.45) is 0 Å². The molecule has 3 aromatic carbocycles. The fourth-order valence-electron chi connectivity index (χ4n) is 4.23. The molecule has 0 radical (unpaired) electrons. The number of benzene rings is 3. The van der Waals surface area contributed by atoms with Crippen molar-refractivity contribution in [3.8, 4) is 0 Å². The molecule has 0 atom stereocenters. The summed E-state index contributed by atoms with van der Waals surface area (Å²) in [4.78, 5) is 31.0. The van der Waals surface area contributed by atoms with E-state index in [1.165, 1.54) is 0 Å². The molecule has 0 saturated carbocycles. The van der Waals surface area contributed by atoms with Gasteiger partial charge in [0.05, 0.1) is 11.0 Å². The predicted molar refractivity (Wildman–Crippen MR) is 132 cm³/mol. The number of carbonyl (C=O) groups excluding carboxylic acids is 1. The zero-order chi connectivity index (χ0) is 23.5. The first-order chi connectivity index (χ1) is 16.6. The Bertz CT molecular complexity index is 1470. The van der Waals surface area contributed by atoms with E-state index < -0.39 is 0 Å². The third-order valence-corrected chi connectivity index (χ3v) is 5.86. The second-order valence-corrected chi connectivity index (χ2v) is 8.34. The Balaban J connectivity index is 1.55. The fourth-order valence-corrected chi connectivity index (χ4v) is 4.23. The van der Waals surface area contributed by atoms with Crippen LogP contribution in [0.15, 0.2) is 83.7 Å². The van der Waals surface area contributed by atoms with Crippen molar-refractivity contribution in [3.05, 3.63) is 112 Å². The number of amides is 1. The van der Waals surface area contributed by atoms with Crippen LogP contribution < -0.4 is 5.56 Å². The van der Waals surface area contributed by atoms with Crippen molar-refractivity contribution in [1.29, 1.82) is 0 Å². The van der Waals surface area contributed by atoms with E-state index in [-0.39, 0.29) is 17.1 Å². The minimum Gasteiger partial charge on any atom is -0.330 e. The Morgan fingerprint density at radius 2 is 1.56 bits per heavy atom. The number of nitrogens with one attached hydrogen (secondary N) is 1. The standard InChI is InChI=1S/C27H25N5O2/c1-2-9-24-29-30-25-26(33)28-22-16-21(14-15-23(22)32(24)25)27(34)31(17-19-10-5-3-6-11-19)18-20-12-7-4-8-13-20/h3-8,10-16H,2,9,17-18H2,1H3,(H,28,33). The lowest BCUT2D eigenvalue weighted by molar-refractivity contribution is 0.0730. The molecule has 7 nitrogen and oxygen atoms in total. The first kappa shape index (κ1) is 21.6. The summed E-state index contributed by atoms with van der Waals surface area (Å²) in [6.45, 7) is 3.02. The number of H-pyrrole nitrogens is 1. The summed E-state index contributed by atoms with van der Waals surface area (Å²) in [6, 6.07) is 25.3. The van der Waals surface area contributed by atoms with Crippen LogP contribution in [-0.2, 0) is 19.5 Å². The molecule has 5 aromatic rings. The first-order valence-corrected chi connectivity index (χ1v) is 11.4. The van der Waals surface area contributed by atoms with Gasteiger partial charge in [0.15, 0.2) is 0 Å². The van der Waals surface area contributed by atoms with E-state index in [9.17, 15) is 9.59 Å². The van der Waals surface area contributed by atoms with Crippen molar-refractivity contribution in [1.82, 2.24) is 24.5 Å². The molecule has 34 heavy (non-hydrogen) atoms. The molecule has 0 fully saturated rings. The van der Waals surface area contributed by atoms with Gasteiger partial charge < -0.3 is 9.88 Å². The second kappa shape index (κ2) is 9.31. The minimum absolute atomic E-state index is 0.104. The van der Waals surface area contributed by atoms with Crippen LogP contribution in [0.1, 0.15) is 40.7 Å². The normalized spacial score (nSPS) is 11.2. The molecule has 7 heteroatoms. The third-order valence-electron chi connectivity index (χ3n) is 5.86. The average Bonchev–Trinajstić information content (AvgIpc) is 3.29. The van der Waals surface area contributed by atoms with Gasteiger partial charge in [0.2, 0.25) is 5.65 Å². The minimum atomic E-state index is -0.322. The van der Waals surface area contributed by atoms with Crippen molar-refractivity contribution < 1.29 is 4.79 Å². The first-order valence-electron chi connectivity index (χ1n) is 11.4. The monoisotopic (exact) mass is 451 g/mol. The summed E-state index contributed by atoms with van der Waals surface area (Å²) >= 11 is 0. The maximum absolute atomic E-state index is 13.7. The molecule has 170 valence electrons. The molecule has 0 aliphatic carbocycles. The number of rotatable bonds is 7. The summed E-state index contributed by atoms with van der Waals surface area (Å²) in [5, 5.41) is 8.25. The van der Waals surface area contributed by atoms with Crippen LogP contribution in [0.4, 0.5) is 0 Å². The average molecular weight is 452 g/mol. The lowest BCUT2D eigenvalue weighted by Gasteiger charge is -2.23. The number of hydrogen-bond donors (Lipinski definition) is 1. The topological polar surface area (TPSA) is 83.4 Å². The Kier molecular flexibility index (Phi) is 5.91. The molecule has 0 saturated heterocycles. The predicted octanol–water partition coefficient (Wildman–Crippen LogP) is 4.37. The largest absolute Gasteiger partial charge is 0.330 e. The number of carbonyl (C=O) groups is 1. The van der Waals surface area contributed by atoms with Crippen LogP contribution in [0.2, 0.25) is 0 Å². The molecular weight excluding hydrogens is 426 g/mol. The zero-order valence-electron chi connectivity index (χ0n) is 18.9. The lowest BCUT2D eigenvalue weighted by atomic mass is 10.1. The van der Waals surface area contributed by atoms with E-state index in [2.05, 4.69) is 22.1 Å². The summed E-state index contributed by atoms with van der Waals surface area (Å²) in [5.41, 5.74) is 3.92. The molecule has 2 heterocycles. The molecule has 0 bridgehead atoms. The summed E-state index contributed by atoms with van der Waals surface area (Å²) in [7, 11) is 0. The molecular formula is C27H25N5O2. The van der Waals surface area contributed by atoms with Gasteiger partial charge in [0.1, 0.15) is 5.82 Å². The van der Waals surface area contributed by atoms with Gasteiger partial charge in [-0.05, 0) is 35.7 Å². The van der Waals surface area contributed by atoms with Gasteiger partial charge >= 0.3 is 0 Å². The van der Waals surface area contributed by atoms with E-state index in [1.54, 1.807) is 16.5 Å². The van der Waals surface area contributed by atoms with Gasteiger partial charge in [0.25, 0.3) is 11.5 Å². The van der Waals surface area contributed by atoms with Crippen LogP contribution >= 0.6 is 0 Å². The van der Waals surface area contributed by atoms with Gasteiger partial charge in [0, 0.05) is 25.1 Å². The van der Waals surface area contributed by atoms with Crippen LogP contribution in [-0.4, -0.2) is 30.4 Å². The Hall–Kier alpha value is -4.26. The van der Waals surface area contributed by atoms with Crippen LogP contribution in [0.3, 0.4) is 0 Å². The van der Waals surface area contributed by atoms with Gasteiger partial charge in [-0.1, -0.05) is 67.6 Å². The fraction of sp³-hybridized carbons (Fsp3) is 0.185. The Morgan fingerprint density at radius 3 is 2.18 bits per heavy atom. The molecule has 0 spiro atoms. The highest BCUT2D eigenvalue weighted by Gasteiger charge is 2.19. The number of aromatic amines is 1. The summed E-state index contributed by atoms with van der Waals surface area (Å²) in [5.74, 6) is 0.635. The van der Waals surface area contributed by atoms with Gasteiger partial charge in [-0.25, -0.2) is 0 Å². The molecule has 2 aromatic heterocycles. The number of aryl methyl sites for hydroxylation is 1. The number of nitrogens with zero attached hydrogens (tertiary/aromatic N) is 4. The summed E-state index contributed by atoms with van der Waals surface area (Å²) in [6.07, 6.45) is 1.60. The van der Waals surface area contributed by atoms with Gasteiger partial charge in [-0.3, -0.25) is 14.0 Å². The van der Waals surface area contributed by atoms with Gasteiger partial charge in [-0.15, -0.1) is 10.2 Å². The van der Waals surface area contributed by atoms with E-state index in [1.807, 2.05) is 71.6 Å². The highest BCUT2D eigenvalue weighted by atomic mass is 16.2.